The molecule has 2 N–H and O–H groups in total. The van der Waals surface area contributed by atoms with Crippen molar-refractivity contribution in [1.82, 2.24) is 0 Å². The Hall–Kier alpha value is -0.250. The molecule has 0 saturated heterocycles. The molecule has 0 aromatic heterocycles. The summed E-state index contributed by atoms with van der Waals surface area (Å²) in [7, 11) is 0. The maximum atomic E-state index is 12.8. The predicted octanol–water partition coefficient (Wildman–Crippen LogP) is 1.72. The Balaban J connectivity index is 2.48. The summed E-state index contributed by atoms with van der Waals surface area (Å²) in [5.41, 5.74) is 5.20. The van der Waals surface area contributed by atoms with Gasteiger partial charge in [0, 0.05) is 18.8 Å². The largest absolute Gasteiger partial charge is 0.330 e. The van der Waals surface area contributed by atoms with E-state index in [0.29, 0.717) is 0 Å². The van der Waals surface area contributed by atoms with Crippen molar-refractivity contribution in [1.29, 1.82) is 0 Å². The zero-order valence-corrected chi connectivity index (χ0v) is 6.19. The average Bonchev–Trinajstić information content (AvgIpc) is 1.86. The lowest BCUT2D eigenvalue weighted by Crippen LogP contribution is -2.37. The summed E-state index contributed by atoms with van der Waals surface area (Å²) in [4.78, 5) is 0. The molecule has 1 fully saturated rings. The zero-order valence-electron chi connectivity index (χ0n) is 6.19. The summed E-state index contributed by atoms with van der Waals surface area (Å²) in [5, 5.41) is 0. The number of alkyl halides is 3. The third-order valence-electron chi connectivity index (χ3n) is 2.19. The molecule has 0 aromatic rings. The summed E-state index contributed by atoms with van der Waals surface area (Å²) < 4.78 is 37.8. The summed E-state index contributed by atoms with van der Waals surface area (Å²) in [5.74, 6) is -3.15. The van der Waals surface area contributed by atoms with Crippen molar-refractivity contribution in [2.75, 3.05) is 6.54 Å². The van der Waals surface area contributed by atoms with E-state index < -0.39 is 18.5 Å². The molecule has 1 saturated carbocycles. The van der Waals surface area contributed by atoms with Gasteiger partial charge in [-0.05, 0) is 13.0 Å². The van der Waals surface area contributed by atoms with Gasteiger partial charge in [0.25, 0.3) is 5.92 Å². The van der Waals surface area contributed by atoms with E-state index >= 15 is 0 Å². The smallest absolute Gasteiger partial charge is 0.250 e. The molecule has 66 valence electrons. The molecule has 0 radical (unpaired) electrons. The van der Waals surface area contributed by atoms with Crippen LogP contribution in [0.4, 0.5) is 13.2 Å². The summed E-state index contributed by atoms with van der Waals surface area (Å²) in [6, 6.07) is 0. The second-order valence-corrected chi connectivity index (χ2v) is 3.11. The molecular formula is C7H12F3N. The lowest BCUT2D eigenvalue weighted by atomic mass is 9.85. The van der Waals surface area contributed by atoms with Crippen LogP contribution < -0.4 is 5.73 Å². The first-order valence-corrected chi connectivity index (χ1v) is 3.77. The van der Waals surface area contributed by atoms with Crippen LogP contribution >= 0.6 is 0 Å². The third-order valence-corrected chi connectivity index (χ3v) is 2.19. The minimum Gasteiger partial charge on any atom is -0.330 e. The van der Waals surface area contributed by atoms with Crippen LogP contribution in [0.25, 0.3) is 0 Å². The van der Waals surface area contributed by atoms with Gasteiger partial charge in [-0.1, -0.05) is 0 Å². The average molecular weight is 167 g/mol. The van der Waals surface area contributed by atoms with E-state index in [1.165, 1.54) is 0 Å². The molecular weight excluding hydrogens is 155 g/mol. The topological polar surface area (TPSA) is 26.0 Å². The maximum absolute atomic E-state index is 12.8. The van der Waals surface area contributed by atoms with E-state index in [1.807, 2.05) is 0 Å². The maximum Gasteiger partial charge on any atom is 0.250 e. The van der Waals surface area contributed by atoms with Gasteiger partial charge in [0.05, 0.1) is 0 Å². The highest BCUT2D eigenvalue weighted by molar-refractivity contribution is 4.84. The van der Waals surface area contributed by atoms with Gasteiger partial charge in [-0.25, -0.2) is 13.2 Å². The molecule has 4 heteroatoms. The molecule has 0 heterocycles. The molecule has 2 atom stereocenters. The molecule has 0 aliphatic heterocycles. The highest BCUT2D eigenvalue weighted by Gasteiger charge is 2.40. The number of hydrogen-bond donors (Lipinski definition) is 1. The van der Waals surface area contributed by atoms with Crippen molar-refractivity contribution >= 4 is 0 Å². The fraction of sp³-hybridized carbons (Fsp3) is 1.00. The summed E-state index contributed by atoms with van der Waals surface area (Å²) in [6.07, 6.45) is -2.06. The van der Waals surface area contributed by atoms with Gasteiger partial charge < -0.3 is 5.73 Å². The van der Waals surface area contributed by atoms with Crippen LogP contribution in [0, 0.1) is 5.92 Å². The van der Waals surface area contributed by atoms with Crippen LogP contribution in [0.3, 0.4) is 0 Å². The Bertz CT molecular complexity index is 138. The van der Waals surface area contributed by atoms with Crippen molar-refractivity contribution < 1.29 is 13.2 Å². The minimum absolute atomic E-state index is 0.178. The summed E-state index contributed by atoms with van der Waals surface area (Å²) >= 11 is 0. The Morgan fingerprint density at radius 2 is 2.09 bits per heavy atom. The molecule has 1 aliphatic carbocycles. The van der Waals surface area contributed by atoms with Gasteiger partial charge in [0.15, 0.2) is 0 Å². The van der Waals surface area contributed by atoms with Crippen LogP contribution in [0.2, 0.25) is 0 Å². The van der Waals surface area contributed by atoms with Crippen molar-refractivity contribution in [2.45, 2.75) is 31.4 Å². The van der Waals surface area contributed by atoms with E-state index in [4.69, 9.17) is 5.73 Å². The van der Waals surface area contributed by atoms with E-state index in [-0.39, 0.29) is 25.3 Å². The number of nitrogens with two attached hydrogens (primary N) is 1. The third kappa shape index (κ3) is 2.09. The molecule has 1 rings (SSSR count). The zero-order chi connectivity index (χ0) is 8.48. The predicted molar refractivity (Wildman–Crippen MR) is 36.2 cm³/mol. The van der Waals surface area contributed by atoms with Crippen LogP contribution in [0.1, 0.15) is 19.3 Å². The van der Waals surface area contributed by atoms with Crippen LogP contribution in [0.5, 0.6) is 0 Å². The number of halogens is 3. The second kappa shape index (κ2) is 3.01. The van der Waals surface area contributed by atoms with Crippen molar-refractivity contribution in [3.8, 4) is 0 Å². The molecule has 11 heavy (non-hydrogen) atoms. The Kier molecular flexibility index (Phi) is 2.42. The first-order chi connectivity index (χ1) is 5.05. The first-order valence-electron chi connectivity index (χ1n) is 3.77. The highest BCUT2D eigenvalue weighted by atomic mass is 19.3. The Morgan fingerprint density at radius 3 is 2.55 bits per heavy atom. The number of hydrogen-bond acceptors (Lipinski definition) is 1. The Labute approximate surface area is 63.8 Å². The lowest BCUT2D eigenvalue weighted by molar-refractivity contribution is -0.0744. The fourth-order valence-electron chi connectivity index (χ4n) is 1.40. The van der Waals surface area contributed by atoms with Crippen molar-refractivity contribution in [2.24, 2.45) is 11.7 Å². The van der Waals surface area contributed by atoms with Crippen LogP contribution in [0.15, 0.2) is 0 Å². The van der Waals surface area contributed by atoms with E-state index in [2.05, 4.69) is 0 Å². The first kappa shape index (κ1) is 8.84. The monoisotopic (exact) mass is 167 g/mol. The van der Waals surface area contributed by atoms with Gasteiger partial charge >= 0.3 is 0 Å². The second-order valence-electron chi connectivity index (χ2n) is 3.11. The Morgan fingerprint density at radius 1 is 1.45 bits per heavy atom. The van der Waals surface area contributed by atoms with Crippen LogP contribution in [-0.2, 0) is 0 Å². The number of rotatable bonds is 1. The summed E-state index contributed by atoms with van der Waals surface area (Å²) in [6.45, 7) is 0.178. The highest BCUT2D eigenvalue weighted by Crippen LogP contribution is 2.37. The lowest BCUT2D eigenvalue weighted by Gasteiger charge is -2.30. The minimum atomic E-state index is -2.80. The van der Waals surface area contributed by atoms with Crippen LogP contribution in [-0.4, -0.2) is 18.6 Å². The van der Waals surface area contributed by atoms with Crippen molar-refractivity contribution in [3.63, 3.8) is 0 Å². The van der Waals surface area contributed by atoms with Gasteiger partial charge in [-0.2, -0.15) is 0 Å². The van der Waals surface area contributed by atoms with E-state index in [0.717, 1.165) is 0 Å². The van der Waals surface area contributed by atoms with Crippen molar-refractivity contribution in [3.05, 3.63) is 0 Å². The normalized spacial score (nSPS) is 37.1. The molecule has 0 aromatic carbocycles. The standard InChI is InChI=1S/C7H12F3N/c8-6-3-7(9,10)2-1-5(6)4-11/h5-6H,1-4,11H2/t5-,6-/m1/s1. The molecule has 0 bridgehead atoms. The van der Waals surface area contributed by atoms with Gasteiger partial charge in [-0.15, -0.1) is 0 Å². The molecule has 1 nitrogen and oxygen atoms in total. The SMILES string of the molecule is NC[C@H]1CCC(F)(F)C[C@H]1F. The quantitative estimate of drug-likeness (QED) is 0.632. The molecule has 0 unspecified atom stereocenters. The molecule has 0 amide bonds. The molecule has 1 aliphatic rings. The van der Waals surface area contributed by atoms with Gasteiger partial charge in [-0.3, -0.25) is 0 Å². The van der Waals surface area contributed by atoms with Gasteiger partial charge in [0.1, 0.15) is 6.17 Å². The van der Waals surface area contributed by atoms with Gasteiger partial charge in [0.2, 0.25) is 0 Å². The molecule has 0 spiro atoms. The van der Waals surface area contributed by atoms with E-state index in [1.54, 1.807) is 0 Å². The van der Waals surface area contributed by atoms with E-state index in [9.17, 15) is 13.2 Å². The fourth-order valence-corrected chi connectivity index (χ4v) is 1.40.